The molecule has 4 rings (SSSR count). The molecule has 0 unspecified atom stereocenters. The van der Waals surface area contributed by atoms with Crippen LogP contribution in [-0.4, -0.2) is 29.0 Å². The Morgan fingerprint density at radius 3 is 2.86 bits per heavy atom. The lowest BCUT2D eigenvalue weighted by Crippen LogP contribution is -2.22. The molecule has 1 aromatic carbocycles. The molecule has 146 valence electrons. The molecule has 3 aromatic rings. The van der Waals surface area contributed by atoms with Crippen molar-refractivity contribution in [2.24, 2.45) is 5.10 Å². The van der Waals surface area contributed by atoms with Gasteiger partial charge in [0, 0.05) is 30.0 Å². The molecule has 3 heterocycles. The van der Waals surface area contributed by atoms with Gasteiger partial charge in [0.2, 0.25) is 0 Å². The molecule has 7 heteroatoms. The summed E-state index contributed by atoms with van der Waals surface area (Å²) in [7, 11) is 0. The maximum Gasteiger partial charge on any atom is 0.282 e. The fourth-order valence-electron chi connectivity index (χ4n) is 3.44. The molecular formula is C21H23BrN4O2. The van der Waals surface area contributed by atoms with Gasteiger partial charge in [-0.1, -0.05) is 29.3 Å². The number of aryl methyl sites for hydroxylation is 1. The monoisotopic (exact) mass is 442 g/mol. The number of hydrogen-bond donors (Lipinski definition) is 0. The van der Waals surface area contributed by atoms with E-state index in [-0.39, 0.29) is 5.56 Å². The van der Waals surface area contributed by atoms with Gasteiger partial charge < -0.3 is 9.32 Å². The number of halogens is 1. The number of anilines is 1. The van der Waals surface area contributed by atoms with E-state index in [0.717, 1.165) is 36.3 Å². The topological polar surface area (TPSA) is 63.6 Å². The van der Waals surface area contributed by atoms with Crippen LogP contribution in [0.25, 0.3) is 10.9 Å². The molecule has 0 spiro atoms. The molecule has 1 fully saturated rings. The zero-order chi connectivity index (χ0) is 19.5. The van der Waals surface area contributed by atoms with Crippen molar-refractivity contribution in [1.82, 2.24) is 9.66 Å². The molecule has 0 amide bonds. The first-order chi connectivity index (χ1) is 13.7. The van der Waals surface area contributed by atoms with E-state index in [0.29, 0.717) is 28.9 Å². The predicted molar refractivity (Wildman–Crippen MR) is 115 cm³/mol. The first-order valence-corrected chi connectivity index (χ1v) is 10.6. The average molecular weight is 443 g/mol. The van der Waals surface area contributed by atoms with Crippen molar-refractivity contribution >= 4 is 38.9 Å². The van der Waals surface area contributed by atoms with E-state index in [4.69, 9.17) is 4.42 Å². The van der Waals surface area contributed by atoms with Gasteiger partial charge in [-0.05, 0) is 43.5 Å². The molecule has 0 aliphatic carbocycles. The van der Waals surface area contributed by atoms with Crippen LogP contribution in [-0.2, 0) is 6.42 Å². The highest BCUT2D eigenvalue weighted by atomic mass is 79.9. The fourth-order valence-corrected chi connectivity index (χ4v) is 3.81. The van der Waals surface area contributed by atoms with Crippen molar-refractivity contribution in [3.8, 4) is 0 Å². The highest BCUT2D eigenvalue weighted by molar-refractivity contribution is 9.10. The molecule has 28 heavy (non-hydrogen) atoms. The molecular weight excluding hydrogens is 420 g/mol. The minimum absolute atomic E-state index is 0.167. The summed E-state index contributed by atoms with van der Waals surface area (Å²) in [6.07, 6.45) is 6.66. The molecule has 0 bridgehead atoms. The molecule has 6 nitrogen and oxygen atoms in total. The molecule has 1 aliphatic rings. The molecule has 1 saturated heterocycles. The number of aromatic nitrogens is 2. The second-order valence-corrected chi connectivity index (χ2v) is 7.94. The van der Waals surface area contributed by atoms with Crippen LogP contribution in [0.2, 0.25) is 0 Å². The number of rotatable bonds is 6. The van der Waals surface area contributed by atoms with Crippen molar-refractivity contribution < 1.29 is 4.42 Å². The lowest BCUT2D eigenvalue weighted by atomic mass is 10.2. The van der Waals surface area contributed by atoms with Crippen LogP contribution in [0.15, 0.2) is 49.1 Å². The molecule has 0 saturated carbocycles. The Bertz CT molecular complexity index is 1060. The summed E-state index contributed by atoms with van der Waals surface area (Å²) in [5.74, 6) is 2.16. The first kappa shape index (κ1) is 18.9. The molecule has 1 aliphatic heterocycles. The Morgan fingerprint density at radius 2 is 2.07 bits per heavy atom. The first-order valence-electron chi connectivity index (χ1n) is 9.76. The standard InChI is InChI=1S/C21H23BrN4O2/c1-2-3-6-19-24-18-9-7-15(22)13-17(18)21(27)26(19)23-14-16-8-10-20(28-16)25-11-4-5-12-25/h7-10,13-14H,2-6,11-12H2,1H3. The van der Waals surface area contributed by atoms with Crippen molar-refractivity contribution in [1.29, 1.82) is 0 Å². The van der Waals surface area contributed by atoms with E-state index >= 15 is 0 Å². The van der Waals surface area contributed by atoms with E-state index < -0.39 is 0 Å². The van der Waals surface area contributed by atoms with Gasteiger partial charge in [0.05, 0.1) is 17.1 Å². The summed E-state index contributed by atoms with van der Waals surface area (Å²) in [5, 5.41) is 4.98. The summed E-state index contributed by atoms with van der Waals surface area (Å²) in [4.78, 5) is 20.0. The minimum atomic E-state index is -0.167. The zero-order valence-corrected chi connectivity index (χ0v) is 17.5. The number of furan rings is 1. The molecule has 2 aromatic heterocycles. The van der Waals surface area contributed by atoms with Crippen LogP contribution in [0.1, 0.15) is 44.2 Å². The lowest BCUT2D eigenvalue weighted by Gasteiger charge is -2.12. The summed E-state index contributed by atoms with van der Waals surface area (Å²) in [5.41, 5.74) is 0.528. The maximum atomic E-state index is 13.0. The van der Waals surface area contributed by atoms with E-state index in [9.17, 15) is 4.79 Å². The number of unbranched alkanes of at least 4 members (excludes halogenated alkanes) is 1. The van der Waals surface area contributed by atoms with Gasteiger partial charge in [-0.2, -0.15) is 9.78 Å². The number of nitrogens with zero attached hydrogens (tertiary/aromatic N) is 4. The Balaban J connectivity index is 1.70. The molecule has 0 radical (unpaired) electrons. The smallest absolute Gasteiger partial charge is 0.282 e. The normalized spacial score (nSPS) is 14.6. The zero-order valence-electron chi connectivity index (χ0n) is 15.9. The SMILES string of the molecule is CCCCc1nc2ccc(Br)cc2c(=O)n1N=Cc1ccc(N2CCCC2)o1. The fraction of sp³-hybridized carbons (Fsp3) is 0.381. The van der Waals surface area contributed by atoms with Crippen LogP contribution in [0.5, 0.6) is 0 Å². The van der Waals surface area contributed by atoms with Gasteiger partial charge >= 0.3 is 0 Å². The van der Waals surface area contributed by atoms with Gasteiger partial charge in [0.25, 0.3) is 5.56 Å². The Hall–Kier alpha value is -2.41. The Kier molecular flexibility index (Phi) is 5.62. The van der Waals surface area contributed by atoms with Crippen molar-refractivity contribution in [3.63, 3.8) is 0 Å². The number of hydrogen-bond acceptors (Lipinski definition) is 5. The largest absolute Gasteiger partial charge is 0.440 e. The van der Waals surface area contributed by atoms with Crippen LogP contribution in [0, 0.1) is 0 Å². The predicted octanol–water partition coefficient (Wildman–Crippen LogP) is 4.58. The Labute approximate surface area is 172 Å². The van der Waals surface area contributed by atoms with Crippen LogP contribution in [0.3, 0.4) is 0 Å². The van der Waals surface area contributed by atoms with E-state index in [1.54, 1.807) is 12.3 Å². The van der Waals surface area contributed by atoms with E-state index in [1.807, 2.05) is 24.3 Å². The summed E-state index contributed by atoms with van der Waals surface area (Å²) in [6.45, 7) is 4.16. The summed E-state index contributed by atoms with van der Waals surface area (Å²) >= 11 is 3.43. The quantitative estimate of drug-likeness (QED) is 0.524. The summed E-state index contributed by atoms with van der Waals surface area (Å²) in [6, 6.07) is 9.40. The van der Waals surface area contributed by atoms with Crippen molar-refractivity contribution in [2.45, 2.75) is 39.0 Å². The highest BCUT2D eigenvalue weighted by Crippen LogP contribution is 2.22. The highest BCUT2D eigenvalue weighted by Gasteiger charge is 2.15. The van der Waals surface area contributed by atoms with Gasteiger partial charge in [-0.15, -0.1) is 0 Å². The van der Waals surface area contributed by atoms with Gasteiger partial charge in [-0.25, -0.2) is 4.98 Å². The molecule has 0 atom stereocenters. The van der Waals surface area contributed by atoms with Gasteiger partial charge in [-0.3, -0.25) is 4.79 Å². The van der Waals surface area contributed by atoms with Gasteiger partial charge in [0.15, 0.2) is 5.88 Å². The van der Waals surface area contributed by atoms with E-state index in [2.05, 4.69) is 37.8 Å². The van der Waals surface area contributed by atoms with Crippen molar-refractivity contribution in [2.75, 3.05) is 18.0 Å². The third kappa shape index (κ3) is 3.90. The lowest BCUT2D eigenvalue weighted by molar-refractivity contribution is 0.549. The third-order valence-corrected chi connectivity index (χ3v) is 5.45. The maximum absolute atomic E-state index is 13.0. The number of fused-ring (bicyclic) bond motifs is 1. The second-order valence-electron chi connectivity index (χ2n) is 7.02. The molecule has 0 N–H and O–H groups in total. The van der Waals surface area contributed by atoms with Crippen LogP contribution >= 0.6 is 15.9 Å². The average Bonchev–Trinajstić information content (AvgIpc) is 3.38. The van der Waals surface area contributed by atoms with Gasteiger partial charge in [0.1, 0.15) is 11.6 Å². The third-order valence-electron chi connectivity index (χ3n) is 4.96. The summed E-state index contributed by atoms with van der Waals surface area (Å²) < 4.78 is 8.14. The minimum Gasteiger partial charge on any atom is -0.440 e. The second kappa shape index (κ2) is 8.31. The van der Waals surface area contributed by atoms with Crippen LogP contribution < -0.4 is 10.5 Å². The number of benzene rings is 1. The van der Waals surface area contributed by atoms with E-state index in [1.165, 1.54) is 17.5 Å². The van der Waals surface area contributed by atoms with Crippen molar-refractivity contribution in [3.05, 3.63) is 56.7 Å². The van der Waals surface area contributed by atoms with Crippen LogP contribution in [0.4, 0.5) is 5.88 Å². The Morgan fingerprint density at radius 1 is 1.25 bits per heavy atom.